The molecule has 32 heavy (non-hydrogen) atoms. The molecule has 4 rings (SSSR count). The molecule has 3 aromatic rings. The number of carbonyl (C=O) groups excluding carboxylic acids is 3. The Balaban J connectivity index is 1.35. The number of aromatic nitrogens is 2. The minimum absolute atomic E-state index is 0.0135. The number of rotatable bonds is 7. The second-order valence-electron chi connectivity index (χ2n) is 7.56. The fourth-order valence-corrected chi connectivity index (χ4v) is 3.63. The van der Waals surface area contributed by atoms with Gasteiger partial charge < -0.3 is 15.0 Å². The molecule has 1 N–H and O–H groups in total. The van der Waals surface area contributed by atoms with Crippen LogP contribution in [0, 0.1) is 5.92 Å². The highest BCUT2D eigenvalue weighted by molar-refractivity contribution is 5.97. The number of nitrogens with one attached hydrogen (secondary N) is 1. The first-order valence-electron chi connectivity index (χ1n) is 10.5. The summed E-state index contributed by atoms with van der Waals surface area (Å²) in [6, 6.07) is 18.4. The zero-order valence-electron chi connectivity index (χ0n) is 17.7. The van der Waals surface area contributed by atoms with Crippen LogP contribution in [-0.4, -0.2) is 45.6 Å². The number of hydrogen-bond acceptors (Lipinski definition) is 5. The number of esters is 1. The van der Waals surface area contributed by atoms with Gasteiger partial charge in [-0.15, -0.1) is 0 Å². The van der Waals surface area contributed by atoms with Gasteiger partial charge in [-0.2, -0.15) is 5.10 Å². The van der Waals surface area contributed by atoms with Crippen LogP contribution in [0.1, 0.15) is 29.4 Å². The van der Waals surface area contributed by atoms with Crippen molar-refractivity contribution in [2.24, 2.45) is 5.92 Å². The Bertz CT molecular complexity index is 1110. The molecule has 1 unspecified atom stereocenters. The number of likely N-dealkylation sites (tertiary alicyclic amines) is 1. The van der Waals surface area contributed by atoms with E-state index in [1.807, 2.05) is 30.3 Å². The number of hydrogen-bond donors (Lipinski definition) is 1. The van der Waals surface area contributed by atoms with E-state index in [1.54, 1.807) is 53.0 Å². The van der Waals surface area contributed by atoms with Crippen molar-refractivity contribution in [3.05, 3.63) is 78.1 Å². The van der Waals surface area contributed by atoms with Crippen LogP contribution in [0.2, 0.25) is 0 Å². The lowest BCUT2D eigenvalue weighted by Gasteiger charge is -2.16. The average molecular weight is 432 g/mol. The van der Waals surface area contributed by atoms with Crippen molar-refractivity contribution in [3.63, 3.8) is 0 Å². The minimum atomic E-state index is -0.470. The van der Waals surface area contributed by atoms with Crippen LogP contribution >= 0.6 is 0 Å². The molecule has 0 aliphatic carbocycles. The van der Waals surface area contributed by atoms with Gasteiger partial charge in [-0.1, -0.05) is 30.3 Å². The van der Waals surface area contributed by atoms with Gasteiger partial charge in [0.15, 0.2) is 5.69 Å². The van der Waals surface area contributed by atoms with Crippen LogP contribution in [0.25, 0.3) is 5.69 Å². The third kappa shape index (κ3) is 4.85. The summed E-state index contributed by atoms with van der Waals surface area (Å²) in [5, 5.41) is 7.10. The van der Waals surface area contributed by atoms with E-state index < -0.39 is 5.97 Å². The molecule has 0 spiro atoms. The maximum Gasteiger partial charge on any atom is 0.358 e. The SMILES string of the molecule is CCOC(=O)c1ccn(-c2ccc(NC(=O)C3CC(=O)N(Cc4ccccc4)C3)cc2)n1. The lowest BCUT2D eigenvalue weighted by Crippen LogP contribution is -2.28. The largest absolute Gasteiger partial charge is 0.461 e. The lowest BCUT2D eigenvalue weighted by molar-refractivity contribution is -0.128. The van der Waals surface area contributed by atoms with E-state index in [1.165, 1.54) is 0 Å². The standard InChI is InChI=1S/C24H24N4O4/c1-2-32-24(31)21-12-13-28(26-21)20-10-8-19(9-11-20)25-23(30)18-14-22(29)27(16-18)15-17-6-4-3-5-7-17/h3-13,18H,2,14-16H2,1H3,(H,25,30). The van der Waals surface area contributed by atoms with E-state index in [-0.39, 0.29) is 36.5 Å². The smallest absolute Gasteiger partial charge is 0.358 e. The van der Waals surface area contributed by atoms with Crippen molar-refractivity contribution in [1.82, 2.24) is 14.7 Å². The maximum absolute atomic E-state index is 12.7. The molecule has 2 aromatic carbocycles. The average Bonchev–Trinajstić information content (AvgIpc) is 3.43. The summed E-state index contributed by atoms with van der Waals surface area (Å²) in [7, 11) is 0. The van der Waals surface area contributed by atoms with Crippen LogP contribution in [-0.2, 0) is 20.9 Å². The minimum Gasteiger partial charge on any atom is -0.461 e. The molecule has 8 heteroatoms. The molecule has 1 aliphatic heterocycles. The second-order valence-corrected chi connectivity index (χ2v) is 7.56. The van der Waals surface area contributed by atoms with E-state index in [4.69, 9.17) is 4.74 Å². The molecule has 0 bridgehead atoms. The lowest BCUT2D eigenvalue weighted by atomic mass is 10.1. The Labute approximate surface area is 185 Å². The Morgan fingerprint density at radius 1 is 1.09 bits per heavy atom. The number of benzene rings is 2. The first kappa shape index (κ1) is 21.3. The fourth-order valence-electron chi connectivity index (χ4n) is 3.63. The molecule has 0 saturated carbocycles. The van der Waals surface area contributed by atoms with Crippen LogP contribution in [0.15, 0.2) is 66.9 Å². The number of nitrogens with zero attached hydrogens (tertiary/aromatic N) is 3. The van der Waals surface area contributed by atoms with Crippen molar-refractivity contribution < 1.29 is 19.1 Å². The summed E-state index contributed by atoms with van der Waals surface area (Å²) in [6.45, 7) is 2.94. The number of carbonyl (C=O) groups is 3. The van der Waals surface area contributed by atoms with E-state index in [0.717, 1.165) is 11.3 Å². The van der Waals surface area contributed by atoms with Crippen molar-refractivity contribution in [2.75, 3.05) is 18.5 Å². The zero-order chi connectivity index (χ0) is 22.5. The molecule has 1 aliphatic rings. The molecule has 2 heterocycles. The van der Waals surface area contributed by atoms with E-state index in [9.17, 15) is 14.4 Å². The molecular formula is C24H24N4O4. The topological polar surface area (TPSA) is 93.5 Å². The highest BCUT2D eigenvalue weighted by Gasteiger charge is 2.34. The van der Waals surface area contributed by atoms with Gasteiger partial charge in [-0.25, -0.2) is 9.48 Å². The molecule has 1 saturated heterocycles. The van der Waals surface area contributed by atoms with Crippen molar-refractivity contribution in [3.8, 4) is 5.69 Å². The molecule has 8 nitrogen and oxygen atoms in total. The Morgan fingerprint density at radius 2 is 1.84 bits per heavy atom. The third-order valence-electron chi connectivity index (χ3n) is 5.27. The van der Waals surface area contributed by atoms with Crippen LogP contribution in [0.3, 0.4) is 0 Å². The second kappa shape index (κ2) is 9.47. The predicted octanol–water partition coefficient (Wildman–Crippen LogP) is 3.04. The first-order chi connectivity index (χ1) is 15.5. The summed E-state index contributed by atoms with van der Waals surface area (Å²) in [5.41, 5.74) is 2.64. The summed E-state index contributed by atoms with van der Waals surface area (Å²) in [4.78, 5) is 38.5. The third-order valence-corrected chi connectivity index (χ3v) is 5.27. The normalized spacial score (nSPS) is 15.6. The Kier molecular flexibility index (Phi) is 6.30. The summed E-state index contributed by atoms with van der Waals surface area (Å²) >= 11 is 0. The summed E-state index contributed by atoms with van der Waals surface area (Å²) in [5.74, 6) is -1.04. The number of ether oxygens (including phenoxy) is 1. The quantitative estimate of drug-likeness (QED) is 0.579. The van der Waals surface area contributed by atoms with Crippen LogP contribution in [0.5, 0.6) is 0 Å². The van der Waals surface area contributed by atoms with E-state index in [2.05, 4.69) is 10.4 Å². The number of amides is 2. The molecule has 1 aromatic heterocycles. The van der Waals surface area contributed by atoms with Crippen LogP contribution in [0.4, 0.5) is 5.69 Å². The highest BCUT2D eigenvalue weighted by Crippen LogP contribution is 2.22. The first-order valence-corrected chi connectivity index (χ1v) is 10.5. The molecule has 2 amide bonds. The monoisotopic (exact) mass is 432 g/mol. The van der Waals surface area contributed by atoms with Crippen molar-refractivity contribution in [1.29, 1.82) is 0 Å². The van der Waals surface area contributed by atoms with Crippen LogP contribution < -0.4 is 5.32 Å². The Morgan fingerprint density at radius 3 is 2.56 bits per heavy atom. The number of anilines is 1. The van der Waals surface area contributed by atoms with E-state index in [0.29, 0.717) is 18.8 Å². The van der Waals surface area contributed by atoms with Gasteiger partial charge in [0.1, 0.15) is 0 Å². The van der Waals surface area contributed by atoms with E-state index >= 15 is 0 Å². The van der Waals surface area contributed by atoms with Gasteiger partial charge in [-0.05, 0) is 42.8 Å². The molecule has 0 radical (unpaired) electrons. The molecule has 164 valence electrons. The summed E-state index contributed by atoms with van der Waals surface area (Å²) < 4.78 is 6.51. The fraction of sp³-hybridized carbons (Fsp3) is 0.250. The molecule has 1 atom stereocenters. The summed E-state index contributed by atoms with van der Waals surface area (Å²) in [6.07, 6.45) is 1.88. The predicted molar refractivity (Wildman–Crippen MR) is 118 cm³/mol. The Hall–Kier alpha value is -3.94. The van der Waals surface area contributed by atoms with Gasteiger partial charge in [0.2, 0.25) is 11.8 Å². The van der Waals surface area contributed by atoms with Gasteiger partial charge in [0, 0.05) is 31.4 Å². The molecule has 1 fully saturated rings. The van der Waals surface area contributed by atoms with Crippen molar-refractivity contribution >= 4 is 23.5 Å². The molecular weight excluding hydrogens is 408 g/mol. The van der Waals surface area contributed by atoms with Gasteiger partial charge in [0.05, 0.1) is 18.2 Å². The van der Waals surface area contributed by atoms with Crippen molar-refractivity contribution in [2.45, 2.75) is 19.9 Å². The van der Waals surface area contributed by atoms with Gasteiger partial charge in [0.25, 0.3) is 0 Å². The van der Waals surface area contributed by atoms with Gasteiger partial charge >= 0.3 is 5.97 Å². The van der Waals surface area contributed by atoms with Gasteiger partial charge in [-0.3, -0.25) is 9.59 Å². The zero-order valence-corrected chi connectivity index (χ0v) is 17.7. The highest BCUT2D eigenvalue weighted by atomic mass is 16.5. The maximum atomic E-state index is 12.7.